The minimum atomic E-state index is 0.302. The van der Waals surface area contributed by atoms with Crippen molar-refractivity contribution in [2.75, 3.05) is 0 Å². The van der Waals surface area contributed by atoms with Crippen molar-refractivity contribution >= 4 is 0 Å². The Morgan fingerprint density at radius 2 is 1.00 bits per heavy atom. The molecule has 0 atom stereocenters. The van der Waals surface area contributed by atoms with Gasteiger partial charge in [0.05, 0.1) is 0 Å². The molecule has 0 nitrogen and oxygen atoms in total. The first-order valence-electron chi connectivity index (χ1n) is 7.81. The van der Waals surface area contributed by atoms with Crippen LogP contribution in [0.2, 0.25) is 0 Å². The minimum absolute atomic E-state index is 0.302. The van der Waals surface area contributed by atoms with Gasteiger partial charge in [-0.3, -0.25) is 0 Å². The van der Waals surface area contributed by atoms with Gasteiger partial charge in [-0.05, 0) is 40.4 Å². The molecule has 0 heterocycles. The van der Waals surface area contributed by atoms with Crippen LogP contribution in [0.4, 0.5) is 0 Å². The molecule has 0 rings (SSSR count). The fourth-order valence-electron chi connectivity index (χ4n) is 4.23. The van der Waals surface area contributed by atoms with Gasteiger partial charge < -0.3 is 0 Å². The Kier molecular flexibility index (Phi) is 5.17. The monoisotopic (exact) mass is 254 g/mol. The largest absolute Gasteiger partial charge is 0.0648 e. The molecule has 0 aliphatic rings. The van der Waals surface area contributed by atoms with Crippen molar-refractivity contribution in [1.29, 1.82) is 0 Å². The lowest BCUT2D eigenvalue weighted by Gasteiger charge is -2.61. The molecule has 0 unspecified atom stereocenters. The molecule has 0 amide bonds. The fourth-order valence-corrected chi connectivity index (χ4v) is 4.23. The Labute approximate surface area is 117 Å². The fraction of sp³-hybridized carbons (Fsp3) is 1.00. The summed E-state index contributed by atoms with van der Waals surface area (Å²) in [4.78, 5) is 0. The Morgan fingerprint density at radius 3 is 1.17 bits per heavy atom. The van der Waals surface area contributed by atoms with Gasteiger partial charge >= 0.3 is 0 Å². The van der Waals surface area contributed by atoms with E-state index in [1.165, 1.54) is 12.8 Å². The first kappa shape index (κ1) is 18.0. The lowest BCUT2D eigenvalue weighted by Crippen LogP contribution is -2.54. The van der Waals surface area contributed by atoms with E-state index in [-0.39, 0.29) is 0 Å². The van der Waals surface area contributed by atoms with Gasteiger partial charge in [-0.2, -0.15) is 0 Å². The maximum atomic E-state index is 2.51. The third kappa shape index (κ3) is 2.37. The molecule has 0 fully saturated rings. The third-order valence-electron chi connectivity index (χ3n) is 7.05. The summed E-state index contributed by atoms with van der Waals surface area (Å²) in [5, 5.41) is 0. The standard InChI is InChI=1S/C18H38/c1-12-18(13-2,14(3)4)17(10,11)16(8,9)15(5,6)7/h14H,12-13H2,1-11H3. The molecule has 0 spiro atoms. The van der Waals surface area contributed by atoms with Crippen molar-refractivity contribution in [2.24, 2.45) is 27.6 Å². The maximum Gasteiger partial charge on any atom is -0.0223 e. The first-order valence-corrected chi connectivity index (χ1v) is 7.81. The zero-order valence-electron chi connectivity index (χ0n) is 15.0. The maximum absolute atomic E-state index is 2.51. The van der Waals surface area contributed by atoms with Crippen LogP contribution in [0.25, 0.3) is 0 Å². The normalized spacial score (nSPS) is 15.3. The van der Waals surface area contributed by atoms with E-state index in [1.54, 1.807) is 0 Å². The second-order valence-electron chi connectivity index (χ2n) is 8.52. The lowest BCUT2D eigenvalue weighted by molar-refractivity contribution is -0.128. The Morgan fingerprint density at radius 1 is 0.667 bits per heavy atom. The highest BCUT2D eigenvalue weighted by molar-refractivity contribution is 5.04. The van der Waals surface area contributed by atoms with E-state index in [2.05, 4.69) is 76.2 Å². The summed E-state index contributed by atoms with van der Waals surface area (Å²) in [6.07, 6.45) is 2.54. The van der Waals surface area contributed by atoms with E-state index in [0.29, 0.717) is 21.7 Å². The highest BCUT2D eigenvalue weighted by Crippen LogP contribution is 2.63. The van der Waals surface area contributed by atoms with E-state index in [0.717, 1.165) is 5.92 Å². The summed E-state index contributed by atoms with van der Waals surface area (Å²) in [7, 11) is 0. The number of rotatable bonds is 5. The molecule has 0 aromatic heterocycles. The predicted octanol–water partition coefficient (Wildman–Crippen LogP) is 6.55. The van der Waals surface area contributed by atoms with Gasteiger partial charge in [0.15, 0.2) is 0 Å². The second-order valence-corrected chi connectivity index (χ2v) is 8.52. The van der Waals surface area contributed by atoms with Crippen LogP contribution in [0.1, 0.15) is 89.0 Å². The number of hydrogen-bond donors (Lipinski definition) is 0. The van der Waals surface area contributed by atoms with E-state index < -0.39 is 0 Å². The van der Waals surface area contributed by atoms with Crippen LogP contribution in [-0.4, -0.2) is 0 Å². The zero-order chi connectivity index (χ0) is 15.0. The van der Waals surface area contributed by atoms with E-state index >= 15 is 0 Å². The molecule has 0 aliphatic carbocycles. The SMILES string of the molecule is CCC(CC)(C(C)C)C(C)(C)C(C)(C)C(C)(C)C. The smallest absolute Gasteiger partial charge is 0.0223 e. The molecule has 0 N–H and O–H groups in total. The van der Waals surface area contributed by atoms with E-state index in [1.807, 2.05) is 0 Å². The summed E-state index contributed by atoms with van der Waals surface area (Å²) < 4.78 is 0. The molecule has 0 aromatic rings. The van der Waals surface area contributed by atoms with Crippen molar-refractivity contribution in [2.45, 2.75) is 89.0 Å². The Balaban J connectivity index is 5.87. The van der Waals surface area contributed by atoms with Crippen molar-refractivity contribution in [3.05, 3.63) is 0 Å². The quantitative estimate of drug-likeness (QED) is 0.522. The van der Waals surface area contributed by atoms with Crippen LogP contribution in [0.5, 0.6) is 0 Å². The van der Waals surface area contributed by atoms with Crippen LogP contribution in [0.15, 0.2) is 0 Å². The minimum Gasteiger partial charge on any atom is -0.0648 e. The van der Waals surface area contributed by atoms with Crippen molar-refractivity contribution in [3.63, 3.8) is 0 Å². The average Bonchev–Trinajstić information content (AvgIpc) is 2.17. The van der Waals surface area contributed by atoms with E-state index in [9.17, 15) is 0 Å². The summed E-state index contributed by atoms with van der Waals surface area (Å²) in [5.74, 6) is 0.726. The third-order valence-corrected chi connectivity index (χ3v) is 7.05. The predicted molar refractivity (Wildman–Crippen MR) is 84.9 cm³/mol. The summed E-state index contributed by atoms with van der Waals surface area (Å²) in [6, 6.07) is 0. The van der Waals surface area contributed by atoms with Gasteiger partial charge in [-0.25, -0.2) is 0 Å². The Bertz CT molecular complexity index is 256. The van der Waals surface area contributed by atoms with Gasteiger partial charge in [0.2, 0.25) is 0 Å². The van der Waals surface area contributed by atoms with Crippen molar-refractivity contribution in [3.8, 4) is 0 Å². The van der Waals surface area contributed by atoms with Crippen LogP contribution in [-0.2, 0) is 0 Å². The Hall–Kier alpha value is 0. The van der Waals surface area contributed by atoms with Crippen molar-refractivity contribution < 1.29 is 0 Å². The summed E-state index contributed by atoms with van der Waals surface area (Å²) >= 11 is 0. The molecular formula is C18H38. The molecule has 0 heteroatoms. The molecular weight excluding hydrogens is 216 g/mol. The summed E-state index contributed by atoms with van der Waals surface area (Å²) in [5.41, 5.74) is 1.36. The zero-order valence-corrected chi connectivity index (χ0v) is 15.0. The van der Waals surface area contributed by atoms with Gasteiger partial charge in [0.1, 0.15) is 0 Å². The van der Waals surface area contributed by atoms with Crippen LogP contribution >= 0.6 is 0 Å². The summed E-state index contributed by atoms with van der Waals surface area (Å²) in [6.45, 7) is 26.7. The number of hydrogen-bond acceptors (Lipinski definition) is 0. The van der Waals surface area contributed by atoms with Crippen LogP contribution in [0, 0.1) is 27.6 Å². The molecule has 0 radical (unpaired) electrons. The average molecular weight is 255 g/mol. The van der Waals surface area contributed by atoms with Crippen LogP contribution in [0.3, 0.4) is 0 Å². The molecule has 0 aliphatic heterocycles. The molecule has 18 heavy (non-hydrogen) atoms. The molecule has 0 bridgehead atoms. The van der Waals surface area contributed by atoms with Gasteiger partial charge in [-0.1, -0.05) is 76.2 Å². The lowest BCUT2D eigenvalue weighted by atomic mass is 9.43. The molecule has 0 aromatic carbocycles. The molecule has 0 saturated heterocycles. The van der Waals surface area contributed by atoms with Crippen molar-refractivity contribution in [1.82, 2.24) is 0 Å². The van der Waals surface area contributed by atoms with Gasteiger partial charge in [0, 0.05) is 0 Å². The van der Waals surface area contributed by atoms with Crippen LogP contribution < -0.4 is 0 Å². The highest BCUT2D eigenvalue weighted by Gasteiger charge is 2.56. The molecule has 110 valence electrons. The second kappa shape index (κ2) is 5.17. The topological polar surface area (TPSA) is 0 Å². The van der Waals surface area contributed by atoms with E-state index in [4.69, 9.17) is 0 Å². The first-order chi connectivity index (χ1) is 7.81. The highest BCUT2D eigenvalue weighted by atomic mass is 14.6. The van der Waals surface area contributed by atoms with Gasteiger partial charge in [-0.15, -0.1) is 0 Å². The molecule has 0 saturated carbocycles. The van der Waals surface area contributed by atoms with Gasteiger partial charge in [0.25, 0.3) is 0 Å².